The number of carbonyl (C=O) groups is 2. The topological polar surface area (TPSA) is 84.9 Å². The Kier molecular flexibility index (Phi) is 6.98. The number of hydrogen-bond acceptors (Lipinski definition) is 6. The van der Waals surface area contributed by atoms with Crippen LogP contribution in [0.25, 0.3) is 0 Å². The molecule has 11 heteroatoms. The van der Waals surface area contributed by atoms with Gasteiger partial charge in [-0.05, 0) is 63.3 Å². The molecule has 0 spiro atoms. The number of hydrogen-bond donors (Lipinski definition) is 1. The van der Waals surface area contributed by atoms with Gasteiger partial charge in [0.15, 0.2) is 5.54 Å². The average Bonchev–Trinajstić information content (AvgIpc) is 2.74. The van der Waals surface area contributed by atoms with Crippen LogP contribution in [-0.4, -0.2) is 42.6 Å². The molecule has 1 aliphatic carbocycles. The van der Waals surface area contributed by atoms with Gasteiger partial charge in [0, 0.05) is 35.0 Å². The molecular formula is C26H31F3N3O4S-. The standard InChI is InChI=1S/C26H32F3N3O4S/c1-15-10-16(2)14-31(13-15)17-6-7-18-20(11-17)37-21-12-25(26(27,28)29,30-22(33)36-24(3,4)5)9-8-19(21)32(18)23(34)35/h6-8,11-12,15-16H,9-10,13-14H2,1-5H3,(H,30,33)(H,34,35)/p-1. The van der Waals surface area contributed by atoms with Gasteiger partial charge in [0.05, 0.1) is 11.4 Å². The van der Waals surface area contributed by atoms with Crippen molar-refractivity contribution >= 4 is 35.3 Å². The molecule has 37 heavy (non-hydrogen) atoms. The van der Waals surface area contributed by atoms with E-state index in [4.69, 9.17) is 4.74 Å². The molecule has 1 aromatic rings. The predicted octanol–water partition coefficient (Wildman–Crippen LogP) is 5.42. The maximum atomic E-state index is 14.4. The van der Waals surface area contributed by atoms with Crippen molar-refractivity contribution in [2.45, 2.75) is 69.7 Å². The van der Waals surface area contributed by atoms with Crippen LogP contribution in [0.5, 0.6) is 0 Å². The van der Waals surface area contributed by atoms with Gasteiger partial charge in [0.1, 0.15) is 11.7 Å². The number of halogens is 3. The molecule has 4 rings (SSSR count). The van der Waals surface area contributed by atoms with Crippen molar-refractivity contribution in [2.24, 2.45) is 11.8 Å². The summed E-state index contributed by atoms with van der Waals surface area (Å²) >= 11 is 1.04. The lowest BCUT2D eigenvalue weighted by molar-refractivity contribution is -0.245. The number of fused-ring (bicyclic) bond motifs is 2. The summed E-state index contributed by atoms with van der Waals surface area (Å²) in [6.45, 7) is 10.7. The summed E-state index contributed by atoms with van der Waals surface area (Å²) in [5.41, 5.74) is -2.47. The quantitative estimate of drug-likeness (QED) is 0.541. The van der Waals surface area contributed by atoms with Crippen LogP contribution in [0.1, 0.15) is 47.5 Å². The molecule has 1 aromatic carbocycles. The van der Waals surface area contributed by atoms with Crippen LogP contribution < -0.4 is 20.2 Å². The zero-order chi connectivity index (χ0) is 27.3. The molecule has 0 radical (unpaired) electrons. The smallest absolute Gasteiger partial charge is 0.415 e. The van der Waals surface area contributed by atoms with E-state index in [1.54, 1.807) is 26.8 Å². The van der Waals surface area contributed by atoms with E-state index in [9.17, 15) is 27.9 Å². The Morgan fingerprint density at radius 1 is 1.16 bits per heavy atom. The average molecular weight is 539 g/mol. The highest BCUT2D eigenvalue weighted by Crippen LogP contribution is 2.52. The van der Waals surface area contributed by atoms with E-state index in [0.29, 0.717) is 22.4 Å². The summed E-state index contributed by atoms with van der Waals surface area (Å²) in [6, 6.07) is 5.31. The molecule has 2 heterocycles. The Labute approximate surface area is 218 Å². The van der Waals surface area contributed by atoms with Gasteiger partial charge in [-0.25, -0.2) is 4.79 Å². The molecule has 1 fully saturated rings. The van der Waals surface area contributed by atoms with E-state index in [2.05, 4.69) is 18.7 Å². The van der Waals surface area contributed by atoms with E-state index in [1.165, 1.54) is 6.08 Å². The van der Waals surface area contributed by atoms with Crippen molar-refractivity contribution in [2.75, 3.05) is 22.9 Å². The number of amides is 2. The lowest BCUT2D eigenvalue weighted by Crippen LogP contribution is -2.59. The normalized spacial score (nSPS) is 25.9. The summed E-state index contributed by atoms with van der Waals surface area (Å²) in [7, 11) is 0. The number of thioether (sulfide) groups is 1. The molecule has 1 saturated heterocycles. The molecule has 3 unspecified atom stereocenters. The summed E-state index contributed by atoms with van der Waals surface area (Å²) in [6.07, 6.45) is -5.16. The number of alkyl halides is 3. The maximum absolute atomic E-state index is 14.4. The van der Waals surface area contributed by atoms with Crippen molar-refractivity contribution in [1.82, 2.24) is 5.32 Å². The van der Waals surface area contributed by atoms with E-state index in [0.717, 1.165) is 47.9 Å². The fraction of sp³-hybridized carbons (Fsp3) is 0.538. The second kappa shape index (κ2) is 9.49. The van der Waals surface area contributed by atoms with Gasteiger partial charge in [-0.2, -0.15) is 13.2 Å². The number of piperidine rings is 1. The summed E-state index contributed by atoms with van der Waals surface area (Å²) in [5.74, 6) is 0.961. The monoisotopic (exact) mass is 538 g/mol. The lowest BCUT2D eigenvalue weighted by atomic mass is 9.88. The van der Waals surface area contributed by atoms with Gasteiger partial charge in [-0.3, -0.25) is 4.90 Å². The highest BCUT2D eigenvalue weighted by atomic mass is 32.2. The third-order valence-corrected chi connectivity index (χ3v) is 7.63. The predicted molar refractivity (Wildman–Crippen MR) is 134 cm³/mol. The Morgan fingerprint density at radius 2 is 1.81 bits per heavy atom. The van der Waals surface area contributed by atoms with Crippen molar-refractivity contribution in [3.8, 4) is 0 Å². The number of carbonyl (C=O) groups excluding carboxylic acids is 2. The van der Waals surface area contributed by atoms with Crippen LogP contribution >= 0.6 is 11.8 Å². The van der Waals surface area contributed by atoms with E-state index in [-0.39, 0.29) is 10.6 Å². The minimum atomic E-state index is -4.87. The molecule has 0 aromatic heterocycles. The Bertz CT molecular complexity index is 1150. The minimum absolute atomic E-state index is 0.0638. The maximum Gasteiger partial charge on any atom is 0.415 e. The number of alkyl carbamates (subject to hydrolysis) is 1. The van der Waals surface area contributed by atoms with Crippen molar-refractivity contribution in [1.29, 1.82) is 0 Å². The van der Waals surface area contributed by atoms with Crippen LogP contribution in [0.4, 0.5) is 34.1 Å². The first kappa shape index (κ1) is 27.2. The van der Waals surface area contributed by atoms with Crippen LogP contribution in [0.15, 0.2) is 45.8 Å². The first-order chi connectivity index (χ1) is 17.1. The van der Waals surface area contributed by atoms with Crippen LogP contribution in [0.2, 0.25) is 0 Å². The third-order valence-electron chi connectivity index (χ3n) is 6.54. The second-order valence-electron chi connectivity index (χ2n) is 11.1. The molecule has 3 atom stereocenters. The summed E-state index contributed by atoms with van der Waals surface area (Å²) in [4.78, 5) is 28.2. The number of nitrogens with zero attached hydrogens (tertiary/aromatic N) is 2. The number of benzene rings is 1. The number of carboxylic acid groups (broad SMARTS) is 1. The molecule has 7 nitrogen and oxygen atoms in total. The fourth-order valence-electron chi connectivity index (χ4n) is 5.12. The lowest BCUT2D eigenvalue weighted by Gasteiger charge is -2.42. The molecular weight excluding hydrogens is 507 g/mol. The zero-order valence-electron chi connectivity index (χ0n) is 21.4. The minimum Gasteiger partial charge on any atom is -0.529 e. The molecule has 0 bridgehead atoms. The SMILES string of the molecule is CC1CC(C)CN(c2ccc3c(c2)SC2=CC(NC(=O)OC(C)(C)C)(C(F)(F)F)CC=C2N3C(=O)[O-])C1. The number of rotatable bonds is 2. The highest BCUT2D eigenvalue weighted by molar-refractivity contribution is 8.03. The van der Waals surface area contributed by atoms with Crippen molar-refractivity contribution in [3.63, 3.8) is 0 Å². The number of anilines is 2. The Hall–Kier alpha value is -2.82. The van der Waals surface area contributed by atoms with Gasteiger partial charge >= 0.3 is 12.3 Å². The molecule has 2 aliphatic heterocycles. The zero-order valence-corrected chi connectivity index (χ0v) is 22.3. The van der Waals surface area contributed by atoms with E-state index < -0.39 is 35.9 Å². The second-order valence-corrected chi connectivity index (χ2v) is 12.2. The van der Waals surface area contributed by atoms with Crippen LogP contribution in [0.3, 0.4) is 0 Å². The van der Waals surface area contributed by atoms with E-state index >= 15 is 0 Å². The fourth-order valence-corrected chi connectivity index (χ4v) is 6.34. The van der Waals surface area contributed by atoms with Crippen molar-refractivity contribution in [3.05, 3.63) is 41.0 Å². The molecule has 1 N–H and O–H groups in total. The molecule has 2 amide bonds. The van der Waals surface area contributed by atoms with Gasteiger partial charge in [-0.1, -0.05) is 31.7 Å². The molecule has 3 aliphatic rings. The van der Waals surface area contributed by atoms with Crippen LogP contribution in [-0.2, 0) is 4.74 Å². The highest BCUT2D eigenvalue weighted by Gasteiger charge is 2.56. The summed E-state index contributed by atoms with van der Waals surface area (Å²) < 4.78 is 48.2. The third kappa shape index (κ3) is 5.56. The van der Waals surface area contributed by atoms with E-state index in [1.807, 2.05) is 17.4 Å². The number of ether oxygens (including phenoxy) is 1. The first-order valence-corrected chi connectivity index (χ1v) is 13.0. The first-order valence-electron chi connectivity index (χ1n) is 12.2. The van der Waals surface area contributed by atoms with Crippen molar-refractivity contribution < 1.29 is 32.6 Å². The van der Waals surface area contributed by atoms with Gasteiger partial charge in [0.25, 0.3) is 0 Å². The van der Waals surface area contributed by atoms with Gasteiger partial charge < -0.3 is 24.9 Å². The summed E-state index contributed by atoms with van der Waals surface area (Å²) in [5, 5.41) is 14.1. The van der Waals surface area contributed by atoms with Gasteiger partial charge in [0.2, 0.25) is 0 Å². The Morgan fingerprint density at radius 3 is 2.38 bits per heavy atom. The molecule has 0 saturated carbocycles. The molecule has 202 valence electrons. The van der Waals surface area contributed by atoms with Gasteiger partial charge in [-0.15, -0.1) is 0 Å². The number of nitrogens with one attached hydrogen (secondary N) is 1. The largest absolute Gasteiger partial charge is 0.529 e. The Balaban J connectivity index is 1.73. The van der Waals surface area contributed by atoms with Crippen LogP contribution in [0, 0.1) is 11.8 Å².